The molecule has 3 rings (SSSR count). The predicted molar refractivity (Wildman–Crippen MR) is 87.6 cm³/mol. The number of aromatic amines is 1. The predicted octanol–water partition coefficient (Wildman–Crippen LogP) is 3.46. The summed E-state index contributed by atoms with van der Waals surface area (Å²) in [7, 11) is 0. The van der Waals surface area contributed by atoms with Crippen LogP contribution in [-0.4, -0.2) is 22.5 Å². The first-order chi connectivity index (χ1) is 10.0. The fourth-order valence-corrected chi connectivity index (χ4v) is 2.79. The van der Waals surface area contributed by atoms with E-state index in [9.17, 15) is 4.79 Å². The van der Waals surface area contributed by atoms with E-state index in [1.54, 1.807) is 0 Å². The van der Waals surface area contributed by atoms with E-state index >= 15 is 0 Å². The number of nitrogens with one attached hydrogen (secondary N) is 1. The van der Waals surface area contributed by atoms with Crippen molar-refractivity contribution in [3.05, 3.63) is 45.7 Å². The second-order valence-corrected chi connectivity index (χ2v) is 6.68. The normalized spacial score (nSPS) is 15.3. The number of fused-ring (bicyclic) bond motifs is 1. The highest BCUT2D eigenvalue weighted by Gasteiger charge is 2.25. The Morgan fingerprint density at radius 2 is 2.05 bits per heavy atom. The fourth-order valence-electron chi connectivity index (χ4n) is 2.79. The van der Waals surface area contributed by atoms with Crippen molar-refractivity contribution in [2.24, 2.45) is 5.92 Å². The lowest BCUT2D eigenvalue weighted by Gasteiger charge is -2.26. The number of pyridine rings is 1. The van der Waals surface area contributed by atoms with Crippen LogP contribution in [0, 0.1) is 12.8 Å². The molecule has 1 aliphatic carbocycles. The van der Waals surface area contributed by atoms with E-state index in [1.807, 2.05) is 13.0 Å². The van der Waals surface area contributed by atoms with Gasteiger partial charge in [0.15, 0.2) is 0 Å². The Kier molecular flexibility index (Phi) is 3.85. The molecule has 112 valence electrons. The summed E-state index contributed by atoms with van der Waals surface area (Å²) in [6, 6.07) is 8.74. The molecule has 1 heterocycles. The Labute approximate surface area is 126 Å². The molecule has 2 aromatic rings. The molecule has 0 aliphatic heterocycles. The molecule has 21 heavy (non-hydrogen) atoms. The molecule has 0 bridgehead atoms. The minimum absolute atomic E-state index is 0.0505. The van der Waals surface area contributed by atoms with Crippen LogP contribution in [-0.2, 0) is 6.54 Å². The van der Waals surface area contributed by atoms with E-state index in [4.69, 9.17) is 0 Å². The van der Waals surface area contributed by atoms with Crippen LogP contribution in [0.3, 0.4) is 0 Å². The molecular formula is C18H24N2O. The molecule has 0 atom stereocenters. The van der Waals surface area contributed by atoms with Gasteiger partial charge in [-0.25, -0.2) is 0 Å². The summed E-state index contributed by atoms with van der Waals surface area (Å²) in [5, 5.41) is 1.12. The Bertz CT molecular complexity index is 698. The highest BCUT2D eigenvalue weighted by molar-refractivity contribution is 5.79. The Balaban J connectivity index is 1.89. The maximum atomic E-state index is 12.3. The van der Waals surface area contributed by atoms with Gasteiger partial charge in [0.05, 0.1) is 0 Å². The quantitative estimate of drug-likeness (QED) is 0.912. The van der Waals surface area contributed by atoms with Crippen molar-refractivity contribution in [3.8, 4) is 0 Å². The van der Waals surface area contributed by atoms with Crippen LogP contribution in [0.4, 0.5) is 0 Å². The summed E-state index contributed by atoms with van der Waals surface area (Å²) in [4.78, 5) is 17.8. The molecule has 0 spiro atoms. The first-order valence-corrected chi connectivity index (χ1v) is 7.89. The minimum Gasteiger partial charge on any atom is -0.322 e. The second-order valence-electron chi connectivity index (χ2n) is 6.68. The number of aromatic nitrogens is 1. The number of hydrogen-bond donors (Lipinski definition) is 1. The first-order valence-electron chi connectivity index (χ1n) is 7.89. The lowest BCUT2D eigenvalue weighted by atomic mass is 10.1. The zero-order valence-electron chi connectivity index (χ0n) is 13.1. The van der Waals surface area contributed by atoms with Crippen LogP contribution in [0.25, 0.3) is 10.9 Å². The SMILES string of the molecule is Cc1ccc2cc(CN(CC3CC3)C(C)C)c(=O)[nH]c2c1. The molecule has 1 saturated carbocycles. The third kappa shape index (κ3) is 3.35. The molecule has 1 aliphatic rings. The van der Waals surface area contributed by atoms with Gasteiger partial charge in [-0.15, -0.1) is 0 Å². The van der Waals surface area contributed by atoms with Gasteiger partial charge in [0, 0.05) is 30.2 Å². The van der Waals surface area contributed by atoms with Gasteiger partial charge in [-0.2, -0.15) is 0 Å². The van der Waals surface area contributed by atoms with Gasteiger partial charge in [0.1, 0.15) is 0 Å². The zero-order chi connectivity index (χ0) is 15.0. The molecule has 1 aromatic heterocycles. The van der Waals surface area contributed by atoms with E-state index in [0.717, 1.165) is 35.5 Å². The van der Waals surface area contributed by atoms with Gasteiger partial charge in [-0.3, -0.25) is 9.69 Å². The number of aryl methyl sites for hydroxylation is 1. The maximum absolute atomic E-state index is 12.3. The Morgan fingerprint density at radius 3 is 2.71 bits per heavy atom. The van der Waals surface area contributed by atoms with Crippen LogP contribution in [0.1, 0.15) is 37.8 Å². The van der Waals surface area contributed by atoms with Crippen LogP contribution < -0.4 is 5.56 Å². The van der Waals surface area contributed by atoms with Gasteiger partial charge >= 0.3 is 0 Å². The van der Waals surface area contributed by atoms with Crippen molar-refractivity contribution in [2.45, 2.75) is 46.2 Å². The van der Waals surface area contributed by atoms with Crippen molar-refractivity contribution in [2.75, 3.05) is 6.54 Å². The van der Waals surface area contributed by atoms with E-state index < -0.39 is 0 Å². The van der Waals surface area contributed by atoms with Gasteiger partial charge in [0.2, 0.25) is 0 Å². The van der Waals surface area contributed by atoms with E-state index in [-0.39, 0.29) is 5.56 Å². The molecule has 3 nitrogen and oxygen atoms in total. The second kappa shape index (κ2) is 5.64. The Morgan fingerprint density at radius 1 is 1.29 bits per heavy atom. The minimum atomic E-state index is 0.0505. The van der Waals surface area contributed by atoms with Crippen molar-refractivity contribution < 1.29 is 0 Å². The number of rotatable bonds is 5. The highest BCUT2D eigenvalue weighted by Crippen LogP contribution is 2.30. The van der Waals surface area contributed by atoms with E-state index in [1.165, 1.54) is 18.4 Å². The average Bonchev–Trinajstić information content (AvgIpc) is 3.22. The smallest absolute Gasteiger partial charge is 0.252 e. The molecule has 1 aromatic carbocycles. The fraction of sp³-hybridized carbons (Fsp3) is 0.500. The van der Waals surface area contributed by atoms with Gasteiger partial charge in [-0.05, 0) is 62.6 Å². The molecule has 0 saturated heterocycles. The summed E-state index contributed by atoms with van der Waals surface area (Å²) in [5.41, 5.74) is 3.03. The van der Waals surface area contributed by atoms with Crippen LogP contribution in [0.5, 0.6) is 0 Å². The lowest BCUT2D eigenvalue weighted by Crippen LogP contribution is -2.34. The summed E-state index contributed by atoms with van der Waals surface area (Å²) in [6.45, 7) is 8.32. The van der Waals surface area contributed by atoms with E-state index in [0.29, 0.717) is 6.04 Å². The molecule has 3 heteroatoms. The van der Waals surface area contributed by atoms with Crippen molar-refractivity contribution in [3.63, 3.8) is 0 Å². The molecular weight excluding hydrogens is 260 g/mol. The third-order valence-electron chi connectivity index (χ3n) is 4.37. The van der Waals surface area contributed by atoms with Gasteiger partial charge in [0.25, 0.3) is 5.56 Å². The molecule has 1 N–H and O–H groups in total. The van der Waals surface area contributed by atoms with E-state index in [2.05, 4.69) is 41.9 Å². The molecule has 0 radical (unpaired) electrons. The van der Waals surface area contributed by atoms with Crippen molar-refractivity contribution in [1.29, 1.82) is 0 Å². The van der Waals surface area contributed by atoms with Crippen LogP contribution >= 0.6 is 0 Å². The molecule has 1 fully saturated rings. The topological polar surface area (TPSA) is 36.1 Å². The standard InChI is InChI=1S/C18H24N2O/c1-12(2)20(10-14-5-6-14)11-16-9-15-7-4-13(3)8-17(15)19-18(16)21/h4,7-9,12,14H,5-6,10-11H2,1-3H3,(H,19,21). The number of H-pyrrole nitrogens is 1. The number of hydrogen-bond acceptors (Lipinski definition) is 2. The maximum Gasteiger partial charge on any atom is 0.252 e. The van der Waals surface area contributed by atoms with Crippen LogP contribution in [0.2, 0.25) is 0 Å². The van der Waals surface area contributed by atoms with Gasteiger partial charge < -0.3 is 4.98 Å². The van der Waals surface area contributed by atoms with Crippen LogP contribution in [0.15, 0.2) is 29.1 Å². The molecule has 0 amide bonds. The Hall–Kier alpha value is -1.61. The summed E-state index contributed by atoms with van der Waals surface area (Å²) in [5.74, 6) is 0.842. The number of nitrogens with zero attached hydrogens (tertiary/aromatic N) is 1. The molecule has 0 unspecified atom stereocenters. The summed E-state index contributed by atoms with van der Waals surface area (Å²) < 4.78 is 0. The zero-order valence-corrected chi connectivity index (χ0v) is 13.1. The lowest BCUT2D eigenvalue weighted by molar-refractivity contribution is 0.203. The third-order valence-corrected chi connectivity index (χ3v) is 4.37. The highest BCUT2D eigenvalue weighted by atomic mass is 16.1. The van der Waals surface area contributed by atoms with Crippen molar-refractivity contribution in [1.82, 2.24) is 9.88 Å². The first kappa shape index (κ1) is 14.3. The average molecular weight is 284 g/mol. The van der Waals surface area contributed by atoms with Crippen molar-refractivity contribution >= 4 is 10.9 Å². The summed E-state index contributed by atoms with van der Waals surface area (Å²) in [6.07, 6.45) is 2.69. The number of benzene rings is 1. The monoisotopic (exact) mass is 284 g/mol. The van der Waals surface area contributed by atoms with Gasteiger partial charge in [-0.1, -0.05) is 12.1 Å². The largest absolute Gasteiger partial charge is 0.322 e. The summed E-state index contributed by atoms with van der Waals surface area (Å²) >= 11 is 0.